The third-order valence-corrected chi connectivity index (χ3v) is 4.70. The molecule has 2 aromatic carbocycles. The molecule has 3 atom stereocenters. The largest absolute Gasteiger partial charge is 0.486 e. The predicted molar refractivity (Wildman–Crippen MR) is 84.6 cm³/mol. The molecular weight excluding hydrogens is 258 g/mol. The highest BCUT2D eigenvalue weighted by Gasteiger charge is 2.47. The van der Waals surface area contributed by atoms with Crippen LogP contribution in [0.3, 0.4) is 0 Å². The Morgan fingerprint density at radius 2 is 1.71 bits per heavy atom. The summed E-state index contributed by atoms with van der Waals surface area (Å²) in [4.78, 5) is 0. The molecule has 1 saturated carbocycles. The lowest BCUT2D eigenvalue weighted by Gasteiger charge is -2.27. The lowest BCUT2D eigenvalue weighted by atomic mass is 9.94. The van der Waals surface area contributed by atoms with Crippen LogP contribution in [0.1, 0.15) is 43.4 Å². The second-order valence-corrected chi connectivity index (χ2v) is 6.70. The number of nitrogens with one attached hydrogen (secondary N) is 1. The number of hydrogen-bond acceptors (Lipinski definition) is 2. The summed E-state index contributed by atoms with van der Waals surface area (Å²) in [6.07, 6.45) is 1.22. The highest BCUT2D eigenvalue weighted by molar-refractivity contribution is 5.42. The summed E-state index contributed by atoms with van der Waals surface area (Å²) in [5, 5.41) is 3.82. The van der Waals surface area contributed by atoms with Gasteiger partial charge in [0.05, 0.1) is 6.04 Å². The van der Waals surface area contributed by atoms with Crippen LogP contribution < -0.4 is 10.1 Å². The Bertz CT molecular complexity index is 650. The van der Waals surface area contributed by atoms with E-state index in [0.717, 1.165) is 5.75 Å². The van der Waals surface area contributed by atoms with Crippen molar-refractivity contribution in [2.45, 2.75) is 43.9 Å². The van der Waals surface area contributed by atoms with Crippen molar-refractivity contribution in [3.63, 3.8) is 0 Å². The summed E-state index contributed by atoms with van der Waals surface area (Å²) in [5.41, 5.74) is 2.55. The first kappa shape index (κ1) is 12.9. The predicted octanol–water partition coefficient (Wildman–Crippen LogP) is 4.04. The van der Waals surface area contributed by atoms with Gasteiger partial charge in [-0.1, -0.05) is 48.5 Å². The van der Waals surface area contributed by atoms with Gasteiger partial charge in [0.25, 0.3) is 0 Å². The zero-order valence-corrected chi connectivity index (χ0v) is 12.5. The topological polar surface area (TPSA) is 21.3 Å². The summed E-state index contributed by atoms with van der Waals surface area (Å²) in [7, 11) is 0. The van der Waals surface area contributed by atoms with Crippen LogP contribution in [-0.2, 0) is 0 Å². The van der Waals surface area contributed by atoms with Crippen LogP contribution in [0.15, 0.2) is 54.6 Å². The number of fused-ring (bicyclic) bond motifs is 1. The molecule has 2 aromatic rings. The normalized spacial score (nSPS) is 28.8. The van der Waals surface area contributed by atoms with Crippen molar-refractivity contribution in [2.24, 2.45) is 0 Å². The third kappa shape index (κ3) is 2.24. The van der Waals surface area contributed by atoms with E-state index in [1.54, 1.807) is 0 Å². The molecule has 0 spiro atoms. The first-order valence-corrected chi connectivity index (χ1v) is 7.74. The molecule has 0 bridgehead atoms. The van der Waals surface area contributed by atoms with Gasteiger partial charge < -0.3 is 10.1 Å². The van der Waals surface area contributed by atoms with E-state index in [-0.39, 0.29) is 11.6 Å². The van der Waals surface area contributed by atoms with E-state index in [4.69, 9.17) is 4.74 Å². The molecular formula is C19H21NO. The van der Waals surface area contributed by atoms with Crippen molar-refractivity contribution in [1.29, 1.82) is 0 Å². The summed E-state index contributed by atoms with van der Waals surface area (Å²) < 4.78 is 6.11. The van der Waals surface area contributed by atoms with E-state index in [0.29, 0.717) is 12.0 Å². The number of para-hydroxylation sites is 1. The molecule has 2 heteroatoms. The Kier molecular flexibility index (Phi) is 2.83. The summed E-state index contributed by atoms with van der Waals surface area (Å²) in [6.45, 7) is 4.34. The second-order valence-electron chi connectivity index (χ2n) is 6.70. The maximum atomic E-state index is 6.11. The minimum Gasteiger partial charge on any atom is -0.486 e. The average Bonchev–Trinajstić information content (AvgIpc) is 3.20. The van der Waals surface area contributed by atoms with Gasteiger partial charge in [0, 0.05) is 17.5 Å². The van der Waals surface area contributed by atoms with Gasteiger partial charge in [-0.05, 0) is 31.9 Å². The number of benzene rings is 2. The number of ether oxygens (including phenoxy) is 1. The van der Waals surface area contributed by atoms with Crippen LogP contribution in [0, 0.1) is 0 Å². The van der Waals surface area contributed by atoms with Gasteiger partial charge in [-0.2, -0.15) is 0 Å². The van der Waals surface area contributed by atoms with Crippen LogP contribution in [0.4, 0.5) is 0 Å². The van der Waals surface area contributed by atoms with Crippen LogP contribution in [0.5, 0.6) is 5.75 Å². The van der Waals surface area contributed by atoms with Crippen molar-refractivity contribution in [3.8, 4) is 5.75 Å². The van der Waals surface area contributed by atoms with E-state index in [9.17, 15) is 0 Å². The molecule has 0 radical (unpaired) electrons. The van der Waals surface area contributed by atoms with Crippen molar-refractivity contribution in [3.05, 3.63) is 65.7 Å². The van der Waals surface area contributed by atoms with Crippen molar-refractivity contribution in [2.75, 3.05) is 0 Å². The van der Waals surface area contributed by atoms with Gasteiger partial charge in [0.15, 0.2) is 0 Å². The fourth-order valence-corrected chi connectivity index (χ4v) is 3.48. The van der Waals surface area contributed by atoms with Crippen LogP contribution in [0.25, 0.3) is 0 Å². The number of rotatable bonds is 3. The van der Waals surface area contributed by atoms with Gasteiger partial charge in [-0.25, -0.2) is 0 Å². The van der Waals surface area contributed by atoms with Crippen LogP contribution in [0.2, 0.25) is 0 Å². The lowest BCUT2D eigenvalue weighted by molar-refractivity contribution is 0.0954. The molecule has 21 heavy (non-hydrogen) atoms. The molecule has 3 unspecified atom stereocenters. The number of hydrogen-bond donors (Lipinski definition) is 1. The highest BCUT2D eigenvalue weighted by atomic mass is 16.5. The zero-order valence-electron chi connectivity index (χ0n) is 12.5. The van der Waals surface area contributed by atoms with Crippen LogP contribution in [-0.4, -0.2) is 11.6 Å². The van der Waals surface area contributed by atoms with E-state index in [1.807, 2.05) is 6.07 Å². The first-order chi connectivity index (χ1) is 10.1. The van der Waals surface area contributed by atoms with E-state index in [2.05, 4.69) is 67.7 Å². The molecule has 0 amide bonds. The summed E-state index contributed by atoms with van der Waals surface area (Å²) >= 11 is 0. The fraction of sp³-hybridized carbons (Fsp3) is 0.368. The maximum absolute atomic E-state index is 6.11. The molecule has 1 heterocycles. The Labute approximate surface area is 126 Å². The van der Waals surface area contributed by atoms with Crippen LogP contribution >= 0.6 is 0 Å². The monoisotopic (exact) mass is 279 g/mol. The Hall–Kier alpha value is -1.80. The zero-order chi connectivity index (χ0) is 14.4. The molecule has 1 aliphatic carbocycles. The lowest BCUT2D eigenvalue weighted by Crippen LogP contribution is -2.40. The Morgan fingerprint density at radius 3 is 2.52 bits per heavy atom. The molecule has 2 nitrogen and oxygen atoms in total. The minimum atomic E-state index is -0.187. The third-order valence-electron chi connectivity index (χ3n) is 4.70. The molecule has 108 valence electrons. The van der Waals surface area contributed by atoms with E-state index < -0.39 is 0 Å². The second kappa shape index (κ2) is 4.60. The SMILES string of the molecule is CC1(C)Oc2ccccc2C1NC1CC1c1ccccc1. The van der Waals surface area contributed by atoms with Gasteiger partial charge in [-0.3, -0.25) is 0 Å². The minimum absolute atomic E-state index is 0.187. The highest BCUT2D eigenvalue weighted by Crippen LogP contribution is 2.47. The van der Waals surface area contributed by atoms with E-state index >= 15 is 0 Å². The van der Waals surface area contributed by atoms with Crippen molar-refractivity contribution < 1.29 is 4.74 Å². The first-order valence-electron chi connectivity index (χ1n) is 7.74. The summed E-state index contributed by atoms with van der Waals surface area (Å²) in [6, 6.07) is 20.0. The van der Waals surface area contributed by atoms with E-state index in [1.165, 1.54) is 17.5 Å². The standard InChI is InChI=1S/C19H21NO/c1-19(2)18(14-10-6-7-11-17(14)21-19)20-16-12-15(16)13-8-4-3-5-9-13/h3-11,15-16,18,20H,12H2,1-2H3. The molecule has 1 aliphatic heterocycles. The smallest absolute Gasteiger partial charge is 0.125 e. The fourth-order valence-electron chi connectivity index (χ4n) is 3.48. The molecule has 4 rings (SSSR count). The molecule has 0 aromatic heterocycles. The maximum Gasteiger partial charge on any atom is 0.125 e. The molecule has 2 aliphatic rings. The van der Waals surface area contributed by atoms with Gasteiger partial charge in [0.1, 0.15) is 11.4 Å². The van der Waals surface area contributed by atoms with Gasteiger partial charge >= 0.3 is 0 Å². The Morgan fingerprint density at radius 1 is 1.00 bits per heavy atom. The van der Waals surface area contributed by atoms with Gasteiger partial charge in [0.2, 0.25) is 0 Å². The average molecular weight is 279 g/mol. The Balaban J connectivity index is 1.53. The molecule has 0 saturated heterocycles. The van der Waals surface area contributed by atoms with Crippen molar-refractivity contribution in [1.82, 2.24) is 5.32 Å². The van der Waals surface area contributed by atoms with Crippen molar-refractivity contribution >= 4 is 0 Å². The quantitative estimate of drug-likeness (QED) is 0.915. The summed E-state index contributed by atoms with van der Waals surface area (Å²) in [5.74, 6) is 1.67. The van der Waals surface area contributed by atoms with Gasteiger partial charge in [-0.15, -0.1) is 0 Å². The molecule has 1 N–H and O–H groups in total. The molecule has 1 fully saturated rings.